The van der Waals surface area contributed by atoms with Gasteiger partial charge in [-0.05, 0) is 63.5 Å². The molecule has 7 nitrogen and oxygen atoms in total. The van der Waals surface area contributed by atoms with Crippen molar-refractivity contribution in [3.05, 3.63) is 23.8 Å². The Hall–Kier alpha value is -1.99. The van der Waals surface area contributed by atoms with Crippen LogP contribution in [0.5, 0.6) is 11.5 Å². The molecule has 0 saturated carbocycles. The first-order valence-corrected chi connectivity index (χ1v) is 11.3. The molecular weight excluding hydrogens is 378 g/mol. The molecule has 7 heteroatoms. The number of likely N-dealkylation sites (tertiary alicyclic amines) is 1. The Kier molecular flexibility index (Phi) is 9.08. The maximum atomic E-state index is 5.53. The molecule has 0 radical (unpaired) electrons. The van der Waals surface area contributed by atoms with Crippen LogP contribution in [0.4, 0.5) is 0 Å². The van der Waals surface area contributed by atoms with Crippen LogP contribution in [-0.2, 0) is 6.54 Å². The van der Waals surface area contributed by atoms with E-state index in [1.807, 2.05) is 19.2 Å². The van der Waals surface area contributed by atoms with Gasteiger partial charge in [-0.25, -0.2) is 0 Å². The third-order valence-electron chi connectivity index (χ3n) is 6.15. The predicted octanol–water partition coefficient (Wildman–Crippen LogP) is 2.27. The Morgan fingerprint density at radius 2 is 1.73 bits per heavy atom. The highest BCUT2D eigenvalue weighted by molar-refractivity contribution is 5.79. The first-order chi connectivity index (χ1) is 14.7. The van der Waals surface area contributed by atoms with Gasteiger partial charge in [0.15, 0.2) is 5.96 Å². The lowest BCUT2D eigenvalue weighted by atomic mass is 10.1. The van der Waals surface area contributed by atoms with Gasteiger partial charge in [-0.1, -0.05) is 0 Å². The van der Waals surface area contributed by atoms with Crippen molar-refractivity contribution < 1.29 is 9.47 Å². The van der Waals surface area contributed by atoms with Gasteiger partial charge in [0.25, 0.3) is 0 Å². The smallest absolute Gasteiger partial charge is 0.193 e. The van der Waals surface area contributed by atoms with Gasteiger partial charge in [0.1, 0.15) is 11.5 Å². The molecule has 30 heavy (non-hydrogen) atoms. The molecule has 2 aliphatic heterocycles. The third kappa shape index (κ3) is 6.51. The summed E-state index contributed by atoms with van der Waals surface area (Å²) in [6.45, 7) is 9.69. The topological polar surface area (TPSA) is 52.6 Å². The van der Waals surface area contributed by atoms with E-state index in [9.17, 15) is 0 Å². The standard InChI is InChI=1S/C23H39N5O2/c1-24-23(25-10-4-5-11-26-12-6-7-13-26)28-16-14-27(15-17-28)19-20-18-21(29-2)8-9-22(20)30-3/h8-9,18H,4-7,10-17,19H2,1-3H3,(H,24,25). The van der Waals surface area contributed by atoms with E-state index in [-0.39, 0.29) is 0 Å². The van der Waals surface area contributed by atoms with Crippen molar-refractivity contribution in [1.29, 1.82) is 0 Å². The highest BCUT2D eigenvalue weighted by Crippen LogP contribution is 2.25. The number of guanidine groups is 1. The number of hydrogen-bond donors (Lipinski definition) is 1. The minimum atomic E-state index is 0.872. The van der Waals surface area contributed by atoms with E-state index in [1.54, 1.807) is 14.2 Å². The molecule has 1 aromatic rings. The molecule has 2 aliphatic rings. The average Bonchev–Trinajstić information content (AvgIpc) is 3.30. The summed E-state index contributed by atoms with van der Waals surface area (Å²) in [5, 5.41) is 3.56. The molecule has 1 aromatic carbocycles. The van der Waals surface area contributed by atoms with Gasteiger partial charge < -0.3 is 24.6 Å². The Bertz CT molecular complexity index is 668. The summed E-state index contributed by atoms with van der Waals surface area (Å²) < 4.78 is 10.9. The number of methoxy groups -OCH3 is 2. The largest absolute Gasteiger partial charge is 0.497 e. The fourth-order valence-corrected chi connectivity index (χ4v) is 4.36. The first-order valence-electron chi connectivity index (χ1n) is 11.3. The zero-order chi connectivity index (χ0) is 21.2. The van der Waals surface area contributed by atoms with E-state index in [0.717, 1.165) is 56.7 Å². The van der Waals surface area contributed by atoms with Crippen molar-refractivity contribution in [2.45, 2.75) is 32.2 Å². The second kappa shape index (κ2) is 12.0. The van der Waals surface area contributed by atoms with Crippen LogP contribution < -0.4 is 14.8 Å². The van der Waals surface area contributed by atoms with Gasteiger partial charge in [-0.2, -0.15) is 0 Å². The molecule has 168 valence electrons. The van der Waals surface area contributed by atoms with Crippen LogP contribution in [0, 0.1) is 0 Å². The monoisotopic (exact) mass is 417 g/mol. The Morgan fingerprint density at radius 3 is 2.40 bits per heavy atom. The van der Waals surface area contributed by atoms with Crippen LogP contribution in [-0.4, -0.2) is 94.3 Å². The van der Waals surface area contributed by atoms with Crippen molar-refractivity contribution in [3.63, 3.8) is 0 Å². The van der Waals surface area contributed by atoms with Crippen LogP contribution >= 0.6 is 0 Å². The van der Waals surface area contributed by atoms with Crippen LogP contribution in [0.1, 0.15) is 31.2 Å². The van der Waals surface area contributed by atoms with Crippen LogP contribution in [0.15, 0.2) is 23.2 Å². The number of rotatable bonds is 9. The van der Waals surface area contributed by atoms with E-state index in [0.29, 0.717) is 0 Å². The summed E-state index contributed by atoms with van der Waals surface area (Å²) >= 11 is 0. The fourth-order valence-electron chi connectivity index (χ4n) is 4.36. The zero-order valence-electron chi connectivity index (χ0n) is 19.0. The van der Waals surface area contributed by atoms with Crippen LogP contribution in [0.25, 0.3) is 0 Å². The van der Waals surface area contributed by atoms with E-state index in [1.165, 1.54) is 50.9 Å². The molecule has 1 N–H and O–H groups in total. The molecule has 0 unspecified atom stereocenters. The summed E-state index contributed by atoms with van der Waals surface area (Å²) in [5.41, 5.74) is 1.17. The lowest BCUT2D eigenvalue weighted by Gasteiger charge is -2.36. The third-order valence-corrected chi connectivity index (χ3v) is 6.15. The quantitative estimate of drug-likeness (QED) is 0.378. The summed E-state index contributed by atoms with van der Waals surface area (Å²) in [6.07, 6.45) is 5.22. The van der Waals surface area contributed by atoms with E-state index in [2.05, 4.69) is 31.1 Å². The normalized spacial score (nSPS) is 18.6. The van der Waals surface area contributed by atoms with Gasteiger partial charge >= 0.3 is 0 Å². The highest BCUT2D eigenvalue weighted by atomic mass is 16.5. The summed E-state index contributed by atoms with van der Waals surface area (Å²) in [5.74, 6) is 2.83. The average molecular weight is 418 g/mol. The van der Waals surface area contributed by atoms with Crippen molar-refractivity contribution in [2.24, 2.45) is 4.99 Å². The second-order valence-electron chi connectivity index (χ2n) is 8.17. The number of nitrogens with zero attached hydrogens (tertiary/aromatic N) is 4. The van der Waals surface area contributed by atoms with Gasteiger partial charge in [0, 0.05) is 51.9 Å². The second-order valence-corrected chi connectivity index (χ2v) is 8.17. The fraction of sp³-hybridized carbons (Fsp3) is 0.696. The molecule has 0 spiro atoms. The van der Waals surface area contributed by atoms with E-state index in [4.69, 9.17) is 9.47 Å². The Morgan fingerprint density at radius 1 is 0.967 bits per heavy atom. The van der Waals surface area contributed by atoms with Gasteiger partial charge in [-0.3, -0.25) is 9.89 Å². The SMILES string of the molecule is CN=C(NCCCCN1CCCC1)N1CCN(Cc2cc(OC)ccc2OC)CC1. The number of hydrogen-bond acceptors (Lipinski definition) is 5. The molecule has 2 fully saturated rings. The number of nitrogens with one attached hydrogen (secondary N) is 1. The molecule has 0 aliphatic carbocycles. The van der Waals surface area contributed by atoms with Crippen molar-refractivity contribution in [3.8, 4) is 11.5 Å². The minimum Gasteiger partial charge on any atom is -0.497 e. The molecule has 0 aromatic heterocycles. The minimum absolute atomic E-state index is 0.872. The number of ether oxygens (including phenoxy) is 2. The Labute approximate surface area is 182 Å². The lowest BCUT2D eigenvalue weighted by Crippen LogP contribution is -2.52. The van der Waals surface area contributed by atoms with Crippen LogP contribution in [0.3, 0.4) is 0 Å². The van der Waals surface area contributed by atoms with Gasteiger partial charge in [0.2, 0.25) is 0 Å². The highest BCUT2D eigenvalue weighted by Gasteiger charge is 2.20. The zero-order valence-corrected chi connectivity index (χ0v) is 19.0. The predicted molar refractivity (Wildman–Crippen MR) is 123 cm³/mol. The maximum Gasteiger partial charge on any atom is 0.193 e. The number of piperazine rings is 1. The van der Waals surface area contributed by atoms with Crippen molar-refractivity contribution in [1.82, 2.24) is 20.0 Å². The molecule has 0 bridgehead atoms. The van der Waals surface area contributed by atoms with Crippen LogP contribution in [0.2, 0.25) is 0 Å². The molecular formula is C23H39N5O2. The molecule has 0 atom stereocenters. The molecule has 2 saturated heterocycles. The van der Waals surface area contributed by atoms with Gasteiger partial charge in [0.05, 0.1) is 14.2 Å². The number of unbranched alkanes of at least 4 members (excludes halogenated alkanes) is 1. The maximum absolute atomic E-state index is 5.53. The summed E-state index contributed by atoms with van der Waals surface area (Å²) in [6, 6.07) is 6.01. The van der Waals surface area contributed by atoms with E-state index >= 15 is 0 Å². The number of aliphatic imine (C=N–C) groups is 1. The molecule has 2 heterocycles. The first kappa shape index (κ1) is 22.7. The molecule has 3 rings (SSSR count). The van der Waals surface area contributed by atoms with Gasteiger partial charge in [-0.15, -0.1) is 0 Å². The number of benzene rings is 1. The lowest BCUT2D eigenvalue weighted by molar-refractivity contribution is 0.171. The summed E-state index contributed by atoms with van der Waals surface area (Å²) in [4.78, 5) is 11.9. The summed E-state index contributed by atoms with van der Waals surface area (Å²) in [7, 11) is 5.32. The Balaban J connectivity index is 1.39. The molecule has 0 amide bonds. The van der Waals surface area contributed by atoms with Crippen molar-refractivity contribution in [2.75, 3.05) is 73.6 Å². The van der Waals surface area contributed by atoms with Crippen molar-refractivity contribution >= 4 is 5.96 Å². The van der Waals surface area contributed by atoms with E-state index < -0.39 is 0 Å².